The zero-order chi connectivity index (χ0) is 38.7. The topological polar surface area (TPSA) is 83.6 Å². The first-order valence-electron chi connectivity index (χ1n) is 22.3. The van der Waals surface area contributed by atoms with Crippen LogP contribution in [0.2, 0.25) is 0 Å². The van der Waals surface area contributed by atoms with Crippen molar-refractivity contribution in [1.29, 1.82) is 0 Å². The van der Waals surface area contributed by atoms with E-state index in [1.165, 1.54) is 61.6 Å². The second-order valence-electron chi connectivity index (χ2n) is 18.2. The van der Waals surface area contributed by atoms with Crippen molar-refractivity contribution in [1.82, 2.24) is 0 Å². The van der Waals surface area contributed by atoms with Gasteiger partial charge < -0.3 is 15.9 Å². The molecule has 4 aliphatic rings. The average molecular weight is 754 g/mol. The molecule has 4 N–H and O–H groups in total. The third kappa shape index (κ3) is 9.79. The van der Waals surface area contributed by atoms with Gasteiger partial charge in [0, 0.05) is 5.41 Å². The van der Waals surface area contributed by atoms with Crippen molar-refractivity contribution in [2.45, 2.75) is 108 Å². The van der Waals surface area contributed by atoms with Crippen LogP contribution in [0.25, 0.3) is 0 Å². The van der Waals surface area contributed by atoms with E-state index in [2.05, 4.69) is 97.1 Å². The molecule has 0 spiro atoms. The Morgan fingerprint density at radius 1 is 0.786 bits per heavy atom. The van der Waals surface area contributed by atoms with Gasteiger partial charge in [-0.25, -0.2) is 0 Å². The van der Waals surface area contributed by atoms with Gasteiger partial charge in [0.2, 0.25) is 0 Å². The molecule has 4 heteroatoms. The number of allylic oxidation sites excluding steroid dienone is 4. The lowest BCUT2D eigenvalue weighted by molar-refractivity contribution is -0.145. The summed E-state index contributed by atoms with van der Waals surface area (Å²) in [7, 11) is 0. The fourth-order valence-electron chi connectivity index (χ4n) is 12.0. The van der Waals surface area contributed by atoms with Gasteiger partial charge >= 0.3 is 5.97 Å². The standard InChI is InChI=1S/C52H67NO3/c53-37-44-28-30-47(51(55)56)50-48(52(45-23-11-4-12-24-45)32-14-22-42(36-52)33-41-21-13-25-46(54)35-41)31-29-43(49(44)50)34-40(27-26-39-18-8-2-9-19-39)20-10-3-7-17-38-15-5-1-6-16-38/h2-4,8-13,18-19,21,23-25,28-31,35,38,40,42-44,47-50,54H,1,5-7,14-17,20,22,26-27,32-34,36-37,53H2,(H,55,56)/b10-3-/t40-,42+,43-,44+,47+,48-,49+,50+,52-/m0/s1. The number of carbonyl (C=O) groups is 1. The predicted molar refractivity (Wildman–Crippen MR) is 230 cm³/mol. The first-order valence-corrected chi connectivity index (χ1v) is 22.3. The van der Waals surface area contributed by atoms with Gasteiger partial charge in [0.25, 0.3) is 0 Å². The highest BCUT2D eigenvalue weighted by Gasteiger charge is 2.55. The molecular weight excluding hydrogens is 687 g/mol. The molecule has 3 aromatic carbocycles. The first-order chi connectivity index (χ1) is 27.4. The van der Waals surface area contributed by atoms with E-state index in [1.807, 2.05) is 18.2 Å². The fraction of sp³-hybridized carbons (Fsp3) is 0.519. The number of hydrogen-bond donors (Lipinski definition) is 3. The molecule has 0 saturated heterocycles. The summed E-state index contributed by atoms with van der Waals surface area (Å²) in [6, 6.07) is 29.7. The van der Waals surface area contributed by atoms with Crippen molar-refractivity contribution in [3.63, 3.8) is 0 Å². The summed E-state index contributed by atoms with van der Waals surface area (Å²) in [4.78, 5) is 13.4. The number of hydrogen-bond acceptors (Lipinski definition) is 3. The van der Waals surface area contributed by atoms with Gasteiger partial charge in [-0.1, -0.05) is 154 Å². The van der Waals surface area contributed by atoms with Gasteiger partial charge in [0.15, 0.2) is 0 Å². The van der Waals surface area contributed by atoms with Gasteiger partial charge in [-0.05, 0) is 140 Å². The predicted octanol–water partition coefficient (Wildman–Crippen LogP) is 11.9. The monoisotopic (exact) mass is 754 g/mol. The van der Waals surface area contributed by atoms with Gasteiger partial charge in [0.1, 0.15) is 5.75 Å². The zero-order valence-electron chi connectivity index (χ0n) is 33.6. The van der Waals surface area contributed by atoms with E-state index in [-0.39, 0.29) is 35.0 Å². The van der Waals surface area contributed by atoms with Crippen molar-refractivity contribution in [2.75, 3.05) is 6.54 Å². The van der Waals surface area contributed by atoms with E-state index in [0.717, 1.165) is 63.7 Å². The summed E-state index contributed by atoms with van der Waals surface area (Å²) in [6.07, 6.45) is 33.2. The fourth-order valence-corrected chi connectivity index (χ4v) is 12.0. The quantitative estimate of drug-likeness (QED) is 0.127. The van der Waals surface area contributed by atoms with E-state index < -0.39 is 11.9 Å². The number of rotatable bonds is 16. The number of benzene rings is 3. The van der Waals surface area contributed by atoms with Gasteiger partial charge in [-0.3, -0.25) is 4.79 Å². The molecule has 0 bridgehead atoms. The molecule has 0 radical (unpaired) electrons. The Bertz CT molecular complexity index is 1760. The molecule has 0 heterocycles. The summed E-state index contributed by atoms with van der Waals surface area (Å²) in [5.74, 6) is 1.54. The lowest BCUT2D eigenvalue weighted by Crippen LogP contribution is -2.53. The smallest absolute Gasteiger partial charge is 0.310 e. The highest BCUT2D eigenvalue weighted by Crippen LogP contribution is 2.58. The molecule has 0 amide bonds. The lowest BCUT2D eigenvalue weighted by atomic mass is 9.48. The van der Waals surface area contributed by atoms with Gasteiger partial charge in [-0.15, -0.1) is 0 Å². The number of phenols is 1. The molecule has 56 heavy (non-hydrogen) atoms. The largest absolute Gasteiger partial charge is 0.508 e. The van der Waals surface area contributed by atoms with E-state index in [4.69, 9.17) is 5.73 Å². The highest BCUT2D eigenvalue weighted by molar-refractivity contribution is 5.73. The lowest BCUT2D eigenvalue weighted by Gasteiger charge is -2.56. The van der Waals surface area contributed by atoms with E-state index in [0.29, 0.717) is 24.1 Å². The third-order valence-electron chi connectivity index (χ3n) is 14.7. The number of aliphatic carboxylic acids is 1. The van der Waals surface area contributed by atoms with Crippen LogP contribution in [-0.2, 0) is 23.1 Å². The number of carboxylic acid groups (broad SMARTS) is 1. The van der Waals surface area contributed by atoms with Gasteiger partial charge in [0.05, 0.1) is 5.92 Å². The van der Waals surface area contributed by atoms with Crippen LogP contribution in [0.15, 0.2) is 121 Å². The minimum absolute atomic E-state index is 0.0402. The molecule has 9 atom stereocenters. The maximum Gasteiger partial charge on any atom is 0.310 e. The highest BCUT2D eigenvalue weighted by atomic mass is 16.4. The van der Waals surface area contributed by atoms with Crippen LogP contribution in [0.5, 0.6) is 5.75 Å². The molecular formula is C52H67NO3. The zero-order valence-corrected chi connectivity index (χ0v) is 33.6. The molecule has 2 fully saturated rings. The number of phenolic OH excluding ortho intramolecular Hbond substituents is 1. The Hall–Kier alpha value is -3.89. The summed E-state index contributed by atoms with van der Waals surface area (Å²) < 4.78 is 0. The number of aromatic hydroxyl groups is 1. The Kier molecular flexibility index (Phi) is 14.0. The summed E-state index contributed by atoms with van der Waals surface area (Å²) in [5.41, 5.74) is 10.4. The van der Waals surface area contributed by atoms with Crippen LogP contribution >= 0.6 is 0 Å². The maximum absolute atomic E-state index is 13.4. The van der Waals surface area contributed by atoms with Crippen LogP contribution in [0, 0.1) is 53.3 Å². The maximum atomic E-state index is 13.4. The Labute approximate surface area is 337 Å². The number of nitrogens with two attached hydrogens (primary N) is 1. The third-order valence-corrected chi connectivity index (χ3v) is 14.7. The van der Waals surface area contributed by atoms with Crippen LogP contribution in [-0.4, -0.2) is 22.7 Å². The van der Waals surface area contributed by atoms with Crippen LogP contribution in [0.3, 0.4) is 0 Å². The van der Waals surface area contributed by atoms with E-state index >= 15 is 0 Å². The summed E-state index contributed by atoms with van der Waals surface area (Å²) in [6.45, 7) is 0.537. The van der Waals surface area contributed by atoms with E-state index in [1.54, 1.807) is 6.07 Å². The van der Waals surface area contributed by atoms with Crippen LogP contribution < -0.4 is 5.73 Å². The second-order valence-corrected chi connectivity index (χ2v) is 18.2. The second kappa shape index (κ2) is 19.5. The Morgan fingerprint density at radius 3 is 2.27 bits per heavy atom. The minimum atomic E-state index is -0.706. The molecule has 0 aromatic heterocycles. The van der Waals surface area contributed by atoms with E-state index in [9.17, 15) is 15.0 Å². The molecule has 4 aliphatic carbocycles. The van der Waals surface area contributed by atoms with Crippen molar-refractivity contribution in [3.8, 4) is 5.75 Å². The van der Waals surface area contributed by atoms with Crippen molar-refractivity contribution >= 4 is 5.97 Å². The molecule has 0 aliphatic heterocycles. The van der Waals surface area contributed by atoms with Gasteiger partial charge in [-0.2, -0.15) is 0 Å². The molecule has 3 aromatic rings. The summed E-state index contributed by atoms with van der Waals surface area (Å²) in [5, 5.41) is 21.3. The van der Waals surface area contributed by atoms with Crippen LogP contribution in [0.4, 0.5) is 0 Å². The average Bonchev–Trinajstić information content (AvgIpc) is 3.23. The number of carboxylic acids is 1. The molecule has 2 saturated carbocycles. The van der Waals surface area contributed by atoms with Crippen molar-refractivity contribution in [3.05, 3.63) is 138 Å². The molecule has 4 nitrogen and oxygen atoms in total. The Morgan fingerprint density at radius 2 is 1.52 bits per heavy atom. The van der Waals surface area contributed by atoms with Crippen molar-refractivity contribution in [2.24, 2.45) is 59.0 Å². The molecule has 298 valence electrons. The van der Waals surface area contributed by atoms with Crippen LogP contribution in [0.1, 0.15) is 107 Å². The minimum Gasteiger partial charge on any atom is -0.508 e. The molecule has 0 unspecified atom stereocenters. The first kappa shape index (κ1) is 40.3. The molecule has 7 rings (SSSR count). The number of aryl methyl sites for hydroxylation is 1. The summed E-state index contributed by atoms with van der Waals surface area (Å²) >= 11 is 0. The van der Waals surface area contributed by atoms with Crippen molar-refractivity contribution < 1.29 is 15.0 Å². The Balaban J connectivity index is 1.19. The SMILES string of the molecule is NC[C@H]1C=C[C@@H](C(=O)O)[C@H]2[C@@H]1[C@H](C[C@@H](C/C=C\CCC1CCCCC1)CCc1ccccc1)C=C[C@@H]2[C@@]1(c2ccccc2)CCC[C@H](Cc2cccc(O)c2)C1. The normalized spacial score (nSPS) is 29.9. The number of fused-ring (bicyclic) bond motifs is 1.